The molecule has 1 aliphatic heterocycles. The third kappa shape index (κ3) is 4.93. The molecule has 0 saturated carbocycles. The van der Waals surface area contributed by atoms with Gasteiger partial charge in [0.05, 0.1) is 0 Å². The van der Waals surface area contributed by atoms with Crippen molar-refractivity contribution in [2.45, 2.75) is 13.0 Å². The Bertz CT molecular complexity index is 776. The average molecular weight is 371 g/mol. The number of carbonyl (C=O) groups excluding carboxylic acids is 2. The fourth-order valence-corrected chi connectivity index (χ4v) is 2.85. The Hall–Kier alpha value is -3.16. The summed E-state index contributed by atoms with van der Waals surface area (Å²) in [5, 5.41) is 5.45. The molecule has 27 heavy (non-hydrogen) atoms. The first kappa shape index (κ1) is 18.6. The molecule has 142 valence electrons. The predicted molar refractivity (Wildman–Crippen MR) is 101 cm³/mol. The van der Waals surface area contributed by atoms with E-state index in [0.29, 0.717) is 31.9 Å². The van der Waals surface area contributed by atoms with E-state index in [1.54, 1.807) is 48.5 Å². The number of halogens is 1. The number of hydrogen-bond acceptors (Lipinski definition) is 4. The first-order valence-electron chi connectivity index (χ1n) is 8.80. The molecule has 1 aromatic heterocycles. The van der Waals surface area contributed by atoms with E-state index in [2.05, 4.69) is 20.5 Å². The van der Waals surface area contributed by atoms with Gasteiger partial charge in [-0.05, 0) is 43.3 Å². The van der Waals surface area contributed by atoms with Crippen molar-refractivity contribution in [2.75, 3.05) is 36.4 Å². The summed E-state index contributed by atoms with van der Waals surface area (Å²) in [6, 6.07) is 8.75. The van der Waals surface area contributed by atoms with Crippen LogP contribution in [0.3, 0.4) is 0 Å². The van der Waals surface area contributed by atoms with E-state index in [0.717, 1.165) is 5.69 Å². The van der Waals surface area contributed by atoms with Gasteiger partial charge in [-0.3, -0.25) is 9.78 Å². The zero-order valence-corrected chi connectivity index (χ0v) is 15.1. The standard InChI is InChI=1S/C19H22FN5O2/c1-14(18(26)23-16-6-8-21-9-7-16)22-19(27)25-12-10-24(11-13-25)17-4-2-15(20)3-5-17/h2-9,14H,10-13H2,1H3,(H,22,27)(H,21,23,26). The van der Waals surface area contributed by atoms with E-state index in [9.17, 15) is 14.0 Å². The van der Waals surface area contributed by atoms with Gasteiger partial charge in [-0.1, -0.05) is 0 Å². The molecule has 7 nitrogen and oxygen atoms in total. The summed E-state index contributed by atoms with van der Waals surface area (Å²) < 4.78 is 13.0. The van der Waals surface area contributed by atoms with Crippen LogP contribution < -0.4 is 15.5 Å². The van der Waals surface area contributed by atoms with E-state index < -0.39 is 6.04 Å². The largest absolute Gasteiger partial charge is 0.368 e. The van der Waals surface area contributed by atoms with Gasteiger partial charge in [-0.15, -0.1) is 0 Å². The van der Waals surface area contributed by atoms with Crippen molar-refractivity contribution >= 4 is 23.3 Å². The molecule has 2 heterocycles. The molecular formula is C19H22FN5O2. The zero-order chi connectivity index (χ0) is 19.2. The topological polar surface area (TPSA) is 77.6 Å². The highest BCUT2D eigenvalue weighted by atomic mass is 19.1. The molecule has 1 aromatic carbocycles. The Balaban J connectivity index is 1.47. The molecule has 1 fully saturated rings. The molecule has 3 rings (SSSR count). The van der Waals surface area contributed by atoms with Crippen LogP contribution >= 0.6 is 0 Å². The lowest BCUT2D eigenvalue weighted by Crippen LogP contribution is -2.54. The highest BCUT2D eigenvalue weighted by Crippen LogP contribution is 2.17. The maximum absolute atomic E-state index is 13.0. The molecular weight excluding hydrogens is 349 g/mol. The number of anilines is 2. The maximum Gasteiger partial charge on any atom is 0.318 e. The molecule has 0 spiro atoms. The van der Waals surface area contributed by atoms with Gasteiger partial charge in [0.2, 0.25) is 5.91 Å². The van der Waals surface area contributed by atoms with Gasteiger partial charge in [-0.2, -0.15) is 0 Å². The summed E-state index contributed by atoms with van der Waals surface area (Å²) in [4.78, 5) is 32.3. The van der Waals surface area contributed by atoms with Crippen LogP contribution in [0.15, 0.2) is 48.8 Å². The van der Waals surface area contributed by atoms with Gasteiger partial charge < -0.3 is 20.4 Å². The van der Waals surface area contributed by atoms with Crippen molar-refractivity contribution in [3.8, 4) is 0 Å². The van der Waals surface area contributed by atoms with Gasteiger partial charge in [0.15, 0.2) is 0 Å². The molecule has 0 bridgehead atoms. The van der Waals surface area contributed by atoms with Crippen LogP contribution in [-0.4, -0.2) is 54.0 Å². The van der Waals surface area contributed by atoms with Crippen molar-refractivity contribution in [2.24, 2.45) is 0 Å². The van der Waals surface area contributed by atoms with E-state index >= 15 is 0 Å². The zero-order valence-electron chi connectivity index (χ0n) is 15.1. The monoisotopic (exact) mass is 371 g/mol. The van der Waals surface area contributed by atoms with Crippen molar-refractivity contribution in [1.82, 2.24) is 15.2 Å². The number of nitrogens with one attached hydrogen (secondary N) is 2. The van der Waals surface area contributed by atoms with E-state index in [1.807, 2.05) is 0 Å². The van der Waals surface area contributed by atoms with Crippen molar-refractivity contribution in [3.63, 3.8) is 0 Å². The molecule has 0 aliphatic carbocycles. The quantitative estimate of drug-likeness (QED) is 0.863. The number of aromatic nitrogens is 1. The number of benzene rings is 1. The second kappa shape index (κ2) is 8.48. The number of piperazine rings is 1. The first-order valence-corrected chi connectivity index (χ1v) is 8.80. The maximum atomic E-state index is 13.0. The average Bonchev–Trinajstić information content (AvgIpc) is 2.69. The highest BCUT2D eigenvalue weighted by molar-refractivity contribution is 5.96. The summed E-state index contributed by atoms with van der Waals surface area (Å²) in [7, 11) is 0. The van der Waals surface area contributed by atoms with Crippen LogP contribution in [0.2, 0.25) is 0 Å². The summed E-state index contributed by atoms with van der Waals surface area (Å²) >= 11 is 0. The first-order chi connectivity index (χ1) is 13.0. The van der Waals surface area contributed by atoms with Crippen molar-refractivity contribution in [3.05, 3.63) is 54.6 Å². The van der Waals surface area contributed by atoms with Crippen LogP contribution in [0.5, 0.6) is 0 Å². The summed E-state index contributed by atoms with van der Waals surface area (Å²) in [6.07, 6.45) is 3.17. The summed E-state index contributed by atoms with van der Waals surface area (Å²) in [5.41, 5.74) is 1.56. The second-order valence-corrected chi connectivity index (χ2v) is 6.35. The molecule has 1 unspecified atom stereocenters. The van der Waals surface area contributed by atoms with Gasteiger partial charge >= 0.3 is 6.03 Å². The normalized spacial score (nSPS) is 15.2. The third-order valence-electron chi connectivity index (χ3n) is 4.44. The Morgan fingerprint density at radius 2 is 1.67 bits per heavy atom. The van der Waals surface area contributed by atoms with Crippen LogP contribution in [0, 0.1) is 5.82 Å². The lowest BCUT2D eigenvalue weighted by atomic mass is 10.2. The minimum absolute atomic E-state index is 0.268. The predicted octanol–water partition coefficient (Wildman–Crippen LogP) is 2.08. The number of carbonyl (C=O) groups is 2. The Morgan fingerprint density at radius 3 is 2.30 bits per heavy atom. The Kier molecular flexibility index (Phi) is 5.85. The van der Waals surface area contributed by atoms with Gasteiger partial charge in [-0.25, -0.2) is 9.18 Å². The SMILES string of the molecule is CC(NC(=O)N1CCN(c2ccc(F)cc2)CC1)C(=O)Nc1ccncc1. The van der Waals surface area contributed by atoms with Crippen LogP contribution in [-0.2, 0) is 4.79 Å². The number of hydrogen-bond donors (Lipinski definition) is 2. The fourth-order valence-electron chi connectivity index (χ4n) is 2.85. The number of pyridine rings is 1. The van der Waals surface area contributed by atoms with E-state index in [1.165, 1.54) is 12.1 Å². The van der Waals surface area contributed by atoms with Crippen molar-refractivity contribution in [1.29, 1.82) is 0 Å². The Morgan fingerprint density at radius 1 is 1.04 bits per heavy atom. The third-order valence-corrected chi connectivity index (χ3v) is 4.44. The fraction of sp³-hybridized carbons (Fsp3) is 0.316. The number of urea groups is 1. The molecule has 1 atom stereocenters. The van der Waals surface area contributed by atoms with Crippen LogP contribution in [0.1, 0.15) is 6.92 Å². The molecule has 8 heteroatoms. The highest BCUT2D eigenvalue weighted by Gasteiger charge is 2.24. The number of amides is 3. The van der Waals surface area contributed by atoms with Gasteiger partial charge in [0.25, 0.3) is 0 Å². The second-order valence-electron chi connectivity index (χ2n) is 6.35. The van der Waals surface area contributed by atoms with Gasteiger partial charge in [0.1, 0.15) is 11.9 Å². The summed E-state index contributed by atoms with van der Waals surface area (Å²) in [5.74, 6) is -0.560. The van der Waals surface area contributed by atoms with Gasteiger partial charge in [0, 0.05) is 49.9 Å². The minimum atomic E-state index is -0.666. The molecule has 3 amide bonds. The molecule has 2 N–H and O–H groups in total. The molecule has 0 radical (unpaired) electrons. The molecule has 1 saturated heterocycles. The lowest BCUT2D eigenvalue weighted by Gasteiger charge is -2.36. The number of nitrogens with zero attached hydrogens (tertiary/aromatic N) is 3. The van der Waals surface area contributed by atoms with Crippen LogP contribution in [0.4, 0.5) is 20.6 Å². The number of rotatable bonds is 4. The van der Waals surface area contributed by atoms with E-state index in [-0.39, 0.29) is 17.8 Å². The van der Waals surface area contributed by atoms with E-state index in [4.69, 9.17) is 0 Å². The Labute approximate surface area is 157 Å². The van der Waals surface area contributed by atoms with Crippen molar-refractivity contribution < 1.29 is 14.0 Å². The smallest absolute Gasteiger partial charge is 0.318 e. The lowest BCUT2D eigenvalue weighted by molar-refractivity contribution is -0.117. The molecule has 2 aromatic rings. The summed E-state index contributed by atoms with van der Waals surface area (Å²) in [6.45, 7) is 4.00. The minimum Gasteiger partial charge on any atom is -0.368 e. The molecule has 1 aliphatic rings. The van der Waals surface area contributed by atoms with Crippen LogP contribution in [0.25, 0.3) is 0 Å².